The summed E-state index contributed by atoms with van der Waals surface area (Å²) in [5.74, 6) is -0.788. The largest absolute Gasteiger partial charge is 0.480 e. The van der Waals surface area contributed by atoms with Crippen LogP contribution in [-0.4, -0.2) is 22.1 Å². The molecule has 0 saturated heterocycles. The first-order chi connectivity index (χ1) is 10.8. The van der Waals surface area contributed by atoms with Crippen molar-refractivity contribution in [3.8, 4) is 0 Å². The van der Waals surface area contributed by atoms with Crippen LogP contribution in [0.4, 0.5) is 0 Å². The Kier molecular flexibility index (Phi) is 5.37. The molecule has 0 unspecified atom stereocenters. The molecule has 4 heteroatoms. The van der Waals surface area contributed by atoms with E-state index in [9.17, 15) is 9.90 Å². The number of hydrogen-bond acceptors (Lipinski definition) is 3. The van der Waals surface area contributed by atoms with E-state index in [2.05, 4.69) is 37.1 Å². The molecule has 2 N–H and O–H groups in total. The second-order valence-corrected chi connectivity index (χ2v) is 7.34. The van der Waals surface area contributed by atoms with Crippen LogP contribution >= 0.6 is 0 Å². The Bertz CT molecular complexity index is 689. The third-order valence-electron chi connectivity index (χ3n) is 4.01. The van der Waals surface area contributed by atoms with Crippen LogP contribution in [-0.2, 0) is 11.3 Å². The number of rotatable bonds is 6. The molecule has 0 fully saturated rings. The molecule has 0 aliphatic rings. The van der Waals surface area contributed by atoms with Gasteiger partial charge in [0.15, 0.2) is 0 Å². The number of benzene rings is 1. The highest BCUT2D eigenvalue weighted by Crippen LogP contribution is 2.22. The Balaban J connectivity index is 2.10. The van der Waals surface area contributed by atoms with Gasteiger partial charge in [0, 0.05) is 23.8 Å². The van der Waals surface area contributed by atoms with Crippen molar-refractivity contribution in [1.82, 2.24) is 10.3 Å². The summed E-state index contributed by atoms with van der Waals surface area (Å²) < 4.78 is 0. The molecule has 0 aliphatic carbocycles. The molecule has 124 valence electrons. The molecule has 0 amide bonds. The molecule has 0 spiro atoms. The molecule has 2 aromatic rings. The number of aromatic nitrogens is 1. The maximum Gasteiger partial charge on any atom is 0.320 e. The quantitative estimate of drug-likeness (QED) is 0.848. The summed E-state index contributed by atoms with van der Waals surface area (Å²) in [6.07, 6.45) is 3.36. The van der Waals surface area contributed by atoms with E-state index in [0.717, 1.165) is 28.5 Å². The van der Waals surface area contributed by atoms with E-state index in [0.29, 0.717) is 13.0 Å². The van der Waals surface area contributed by atoms with E-state index in [-0.39, 0.29) is 5.41 Å². The van der Waals surface area contributed by atoms with Gasteiger partial charge in [-0.25, -0.2) is 0 Å². The fourth-order valence-corrected chi connectivity index (χ4v) is 2.62. The van der Waals surface area contributed by atoms with Crippen LogP contribution in [0.2, 0.25) is 0 Å². The van der Waals surface area contributed by atoms with Gasteiger partial charge in [0.05, 0.1) is 0 Å². The number of carbonyl (C=O) groups is 1. The Hall–Kier alpha value is -1.94. The van der Waals surface area contributed by atoms with Gasteiger partial charge in [-0.05, 0) is 42.2 Å². The molecule has 0 bridgehead atoms. The molecular weight excluding hydrogens is 288 g/mol. The highest BCUT2D eigenvalue weighted by Gasteiger charge is 2.20. The van der Waals surface area contributed by atoms with Crippen molar-refractivity contribution in [3.05, 3.63) is 41.7 Å². The third-order valence-corrected chi connectivity index (χ3v) is 4.01. The fourth-order valence-electron chi connectivity index (χ4n) is 2.62. The lowest BCUT2D eigenvalue weighted by atomic mass is 9.88. The number of fused-ring (bicyclic) bond motifs is 1. The fraction of sp³-hybridized carbons (Fsp3) is 0.474. The molecular formula is C19H26N2O2. The molecule has 0 radical (unpaired) electrons. The number of carboxylic acid groups (broad SMARTS) is 1. The van der Waals surface area contributed by atoms with Crippen molar-refractivity contribution in [3.63, 3.8) is 0 Å². The first kappa shape index (κ1) is 17.4. The number of nitrogens with zero attached hydrogens (tertiary/aromatic N) is 1. The smallest absolute Gasteiger partial charge is 0.320 e. The summed E-state index contributed by atoms with van der Waals surface area (Å²) in [5, 5.41) is 14.8. The van der Waals surface area contributed by atoms with Crippen molar-refractivity contribution in [2.45, 2.75) is 53.1 Å². The molecule has 0 aliphatic heterocycles. The number of hydrogen-bond donors (Lipinski definition) is 2. The SMILES string of the molecule is Cc1cc2cccc(CN[C@@H](CCC(C)(C)C)C(=O)O)c2cn1. The molecule has 1 heterocycles. The minimum atomic E-state index is -0.788. The van der Waals surface area contributed by atoms with Gasteiger partial charge < -0.3 is 10.4 Å². The summed E-state index contributed by atoms with van der Waals surface area (Å²) in [4.78, 5) is 15.8. The van der Waals surface area contributed by atoms with Gasteiger partial charge in [0.1, 0.15) is 6.04 Å². The third kappa shape index (κ3) is 5.03. The number of aryl methyl sites for hydroxylation is 1. The topological polar surface area (TPSA) is 62.2 Å². The molecule has 23 heavy (non-hydrogen) atoms. The van der Waals surface area contributed by atoms with Gasteiger partial charge in [0.25, 0.3) is 0 Å². The lowest BCUT2D eigenvalue weighted by molar-refractivity contribution is -0.139. The van der Waals surface area contributed by atoms with Crippen LogP contribution < -0.4 is 5.32 Å². The lowest BCUT2D eigenvalue weighted by Crippen LogP contribution is -2.37. The van der Waals surface area contributed by atoms with Crippen LogP contribution in [0, 0.1) is 12.3 Å². The number of aliphatic carboxylic acids is 1. The first-order valence-electron chi connectivity index (χ1n) is 8.07. The summed E-state index contributed by atoms with van der Waals surface area (Å²) in [6.45, 7) is 8.89. The van der Waals surface area contributed by atoms with Crippen LogP contribution in [0.1, 0.15) is 44.9 Å². The van der Waals surface area contributed by atoms with Crippen LogP contribution in [0.3, 0.4) is 0 Å². The molecule has 1 aromatic carbocycles. The Morgan fingerprint density at radius 1 is 1.35 bits per heavy atom. The average molecular weight is 314 g/mol. The zero-order valence-electron chi connectivity index (χ0n) is 14.4. The summed E-state index contributed by atoms with van der Waals surface area (Å²) >= 11 is 0. The minimum absolute atomic E-state index is 0.135. The predicted octanol–water partition coefficient (Wildman–Crippen LogP) is 3.91. The van der Waals surface area contributed by atoms with E-state index in [4.69, 9.17) is 0 Å². The number of pyridine rings is 1. The van der Waals surface area contributed by atoms with Crippen molar-refractivity contribution < 1.29 is 9.90 Å². The van der Waals surface area contributed by atoms with Gasteiger partial charge >= 0.3 is 5.97 Å². The van der Waals surface area contributed by atoms with Gasteiger partial charge in [-0.3, -0.25) is 9.78 Å². The zero-order chi connectivity index (χ0) is 17.0. The Morgan fingerprint density at radius 2 is 2.09 bits per heavy atom. The van der Waals surface area contributed by atoms with Crippen molar-refractivity contribution >= 4 is 16.7 Å². The first-order valence-corrected chi connectivity index (χ1v) is 8.07. The van der Waals surface area contributed by atoms with Crippen LogP contribution in [0.5, 0.6) is 0 Å². The van der Waals surface area contributed by atoms with E-state index in [1.165, 1.54) is 0 Å². The van der Waals surface area contributed by atoms with Crippen molar-refractivity contribution in [1.29, 1.82) is 0 Å². The minimum Gasteiger partial charge on any atom is -0.480 e. The molecule has 1 aromatic heterocycles. The zero-order valence-corrected chi connectivity index (χ0v) is 14.4. The Morgan fingerprint density at radius 3 is 2.74 bits per heavy atom. The standard InChI is InChI=1S/C19H26N2O2/c1-13-10-14-6-5-7-15(16(14)12-20-13)11-21-17(18(22)23)8-9-19(2,3)4/h5-7,10,12,17,21H,8-9,11H2,1-4H3,(H,22,23)/t17-/m0/s1. The van der Waals surface area contributed by atoms with Gasteiger partial charge in [0.2, 0.25) is 0 Å². The van der Waals surface area contributed by atoms with E-state index in [1.807, 2.05) is 31.3 Å². The summed E-state index contributed by atoms with van der Waals surface area (Å²) in [5.41, 5.74) is 2.20. The van der Waals surface area contributed by atoms with Crippen LogP contribution in [0.15, 0.2) is 30.5 Å². The van der Waals surface area contributed by atoms with Gasteiger partial charge in [-0.2, -0.15) is 0 Å². The number of nitrogens with one attached hydrogen (secondary N) is 1. The maximum absolute atomic E-state index is 11.5. The number of carboxylic acids is 1. The Labute approximate surface area is 137 Å². The van der Waals surface area contributed by atoms with Crippen LogP contribution in [0.25, 0.3) is 10.8 Å². The highest BCUT2D eigenvalue weighted by molar-refractivity contribution is 5.85. The predicted molar refractivity (Wildman–Crippen MR) is 93.4 cm³/mol. The average Bonchev–Trinajstić information content (AvgIpc) is 2.45. The molecule has 2 rings (SSSR count). The van der Waals surface area contributed by atoms with E-state index >= 15 is 0 Å². The van der Waals surface area contributed by atoms with E-state index < -0.39 is 12.0 Å². The normalized spacial score (nSPS) is 13.2. The maximum atomic E-state index is 11.5. The van der Waals surface area contributed by atoms with Gasteiger partial charge in [-0.15, -0.1) is 0 Å². The summed E-state index contributed by atoms with van der Waals surface area (Å²) in [7, 11) is 0. The second-order valence-electron chi connectivity index (χ2n) is 7.34. The van der Waals surface area contributed by atoms with Crippen molar-refractivity contribution in [2.24, 2.45) is 5.41 Å². The summed E-state index contributed by atoms with van der Waals surface area (Å²) in [6, 6.07) is 7.61. The molecule has 4 nitrogen and oxygen atoms in total. The van der Waals surface area contributed by atoms with E-state index in [1.54, 1.807) is 0 Å². The monoisotopic (exact) mass is 314 g/mol. The molecule has 1 atom stereocenters. The molecule has 0 saturated carbocycles. The second kappa shape index (κ2) is 7.09. The van der Waals surface area contributed by atoms with Gasteiger partial charge in [-0.1, -0.05) is 39.0 Å². The van der Waals surface area contributed by atoms with Crippen molar-refractivity contribution in [2.75, 3.05) is 0 Å². The highest BCUT2D eigenvalue weighted by atomic mass is 16.4. The lowest BCUT2D eigenvalue weighted by Gasteiger charge is -2.22.